The highest BCUT2D eigenvalue weighted by molar-refractivity contribution is 9.10. The van der Waals surface area contributed by atoms with Gasteiger partial charge in [0.1, 0.15) is 0 Å². The molecule has 0 bridgehead atoms. The summed E-state index contributed by atoms with van der Waals surface area (Å²) in [5.41, 5.74) is 3.08. The molecule has 6 heteroatoms. The molecule has 5 nitrogen and oxygen atoms in total. The number of Topliss-reactive ketones (excluding diaryl/α,β-unsaturated/α-hetero) is 1. The van der Waals surface area contributed by atoms with Gasteiger partial charge in [-0.3, -0.25) is 14.4 Å². The smallest absolute Gasteiger partial charge is 0.306 e. The number of carbonyl (C=O) groups excluding carboxylic acids is 3. The zero-order valence-electron chi connectivity index (χ0n) is 14.7. The molecule has 0 unspecified atom stereocenters. The number of hydrogen-bond donors (Lipinski definition) is 1. The molecule has 26 heavy (non-hydrogen) atoms. The average Bonchev–Trinajstić information content (AvgIpc) is 2.62. The van der Waals surface area contributed by atoms with Gasteiger partial charge < -0.3 is 10.1 Å². The van der Waals surface area contributed by atoms with Crippen molar-refractivity contribution in [1.82, 2.24) is 0 Å². The Kier molecular flexibility index (Phi) is 7.09. The number of hydrogen-bond acceptors (Lipinski definition) is 4. The zero-order valence-corrected chi connectivity index (χ0v) is 16.3. The second-order valence-corrected chi connectivity index (χ2v) is 6.78. The van der Waals surface area contributed by atoms with Gasteiger partial charge in [0.05, 0.1) is 12.1 Å². The van der Waals surface area contributed by atoms with Crippen LogP contribution in [0.25, 0.3) is 0 Å². The van der Waals surface area contributed by atoms with Crippen molar-refractivity contribution in [3.05, 3.63) is 63.6 Å². The highest BCUT2D eigenvalue weighted by atomic mass is 79.9. The summed E-state index contributed by atoms with van der Waals surface area (Å²) in [6.45, 7) is 3.38. The van der Waals surface area contributed by atoms with Gasteiger partial charge in [-0.15, -0.1) is 0 Å². The number of benzene rings is 2. The number of amides is 1. The normalized spacial score (nSPS) is 10.3. The molecular formula is C20H20BrNO4. The number of ether oxygens (including phenoxy) is 1. The fourth-order valence-corrected chi connectivity index (χ4v) is 2.74. The molecule has 136 valence electrons. The number of para-hydroxylation sites is 1. The molecule has 0 atom stereocenters. The summed E-state index contributed by atoms with van der Waals surface area (Å²) in [7, 11) is 0. The predicted octanol–water partition coefficient (Wildman–Crippen LogP) is 4.21. The molecule has 0 saturated heterocycles. The van der Waals surface area contributed by atoms with E-state index in [9.17, 15) is 14.4 Å². The predicted molar refractivity (Wildman–Crippen MR) is 103 cm³/mol. The third-order valence-corrected chi connectivity index (χ3v) is 4.45. The van der Waals surface area contributed by atoms with Crippen LogP contribution in [0.15, 0.2) is 46.9 Å². The molecule has 0 aliphatic carbocycles. The number of anilines is 1. The Bertz CT molecular complexity index is 832. The molecule has 0 fully saturated rings. The largest absolute Gasteiger partial charge is 0.456 e. The van der Waals surface area contributed by atoms with Crippen LogP contribution in [0.1, 0.15) is 34.3 Å². The third-order valence-electron chi connectivity index (χ3n) is 3.76. The van der Waals surface area contributed by atoms with Crippen LogP contribution >= 0.6 is 15.9 Å². The maximum atomic E-state index is 12.2. The van der Waals surface area contributed by atoms with E-state index in [4.69, 9.17) is 4.74 Å². The van der Waals surface area contributed by atoms with Gasteiger partial charge in [-0.05, 0) is 53.5 Å². The lowest BCUT2D eigenvalue weighted by molar-refractivity contribution is -0.147. The van der Waals surface area contributed by atoms with E-state index in [2.05, 4.69) is 21.2 Å². The minimum atomic E-state index is -0.578. The van der Waals surface area contributed by atoms with Crippen molar-refractivity contribution in [3.8, 4) is 0 Å². The van der Waals surface area contributed by atoms with Crippen molar-refractivity contribution in [3.63, 3.8) is 0 Å². The zero-order chi connectivity index (χ0) is 19.1. The second kappa shape index (κ2) is 9.29. The molecule has 0 spiro atoms. The van der Waals surface area contributed by atoms with Crippen LogP contribution in [-0.4, -0.2) is 24.3 Å². The lowest BCUT2D eigenvalue weighted by Crippen LogP contribution is -2.21. The Labute approximate surface area is 160 Å². The Morgan fingerprint density at radius 2 is 1.77 bits per heavy atom. The van der Waals surface area contributed by atoms with Crippen LogP contribution in [-0.2, 0) is 14.3 Å². The Balaban J connectivity index is 1.78. The van der Waals surface area contributed by atoms with Crippen molar-refractivity contribution in [2.45, 2.75) is 26.7 Å². The van der Waals surface area contributed by atoms with Crippen LogP contribution in [0.3, 0.4) is 0 Å². The van der Waals surface area contributed by atoms with E-state index in [-0.39, 0.29) is 18.6 Å². The summed E-state index contributed by atoms with van der Waals surface area (Å²) in [6, 6.07) is 12.8. The van der Waals surface area contributed by atoms with Crippen LogP contribution in [0.5, 0.6) is 0 Å². The fourth-order valence-electron chi connectivity index (χ4n) is 2.35. The number of carbonyl (C=O) groups is 3. The standard InChI is InChI=1S/C20H20BrNO4/c1-13-7-8-14(2)15(11-13)18(23)9-10-20(25)26-12-19(24)22-17-6-4-3-5-16(17)21/h3-8,11H,9-10,12H2,1-2H3,(H,22,24). The van der Waals surface area contributed by atoms with Gasteiger partial charge in [0, 0.05) is 16.5 Å². The molecule has 0 heterocycles. The van der Waals surface area contributed by atoms with Gasteiger partial charge in [-0.2, -0.15) is 0 Å². The highest BCUT2D eigenvalue weighted by Gasteiger charge is 2.14. The Morgan fingerprint density at radius 3 is 2.50 bits per heavy atom. The van der Waals surface area contributed by atoms with E-state index in [1.165, 1.54) is 0 Å². The van der Waals surface area contributed by atoms with E-state index >= 15 is 0 Å². The molecular weight excluding hydrogens is 398 g/mol. The summed E-state index contributed by atoms with van der Waals surface area (Å²) in [6.07, 6.45) is -0.0104. The summed E-state index contributed by atoms with van der Waals surface area (Å²) >= 11 is 3.32. The van der Waals surface area contributed by atoms with Crippen molar-refractivity contribution < 1.29 is 19.1 Å². The van der Waals surface area contributed by atoms with Gasteiger partial charge in [-0.1, -0.05) is 29.8 Å². The number of halogens is 1. The number of nitrogens with one attached hydrogen (secondary N) is 1. The van der Waals surface area contributed by atoms with Gasteiger partial charge in [-0.25, -0.2) is 0 Å². The minimum absolute atomic E-state index is 0.0506. The van der Waals surface area contributed by atoms with E-state index in [0.717, 1.165) is 15.6 Å². The molecule has 2 aromatic carbocycles. The first-order chi connectivity index (χ1) is 12.4. The Morgan fingerprint density at radius 1 is 1.04 bits per heavy atom. The van der Waals surface area contributed by atoms with Gasteiger partial charge in [0.25, 0.3) is 5.91 Å². The molecule has 2 rings (SSSR count). The summed E-state index contributed by atoms with van der Waals surface area (Å²) in [5.74, 6) is -1.13. The first-order valence-corrected chi connectivity index (χ1v) is 8.96. The van der Waals surface area contributed by atoms with Gasteiger partial charge in [0.15, 0.2) is 12.4 Å². The Hall–Kier alpha value is -2.47. The highest BCUT2D eigenvalue weighted by Crippen LogP contribution is 2.21. The van der Waals surface area contributed by atoms with Crippen LogP contribution in [0, 0.1) is 13.8 Å². The molecule has 2 aromatic rings. The molecule has 0 saturated carbocycles. The molecule has 0 radical (unpaired) electrons. The number of esters is 1. The number of ketones is 1. The van der Waals surface area contributed by atoms with E-state index in [1.807, 2.05) is 38.1 Å². The lowest BCUT2D eigenvalue weighted by Gasteiger charge is -2.08. The summed E-state index contributed by atoms with van der Waals surface area (Å²) in [4.78, 5) is 35.9. The lowest BCUT2D eigenvalue weighted by atomic mass is 9.99. The van der Waals surface area contributed by atoms with Crippen molar-refractivity contribution in [2.75, 3.05) is 11.9 Å². The number of aryl methyl sites for hydroxylation is 2. The number of rotatable bonds is 7. The average molecular weight is 418 g/mol. The third kappa shape index (κ3) is 5.81. The summed E-state index contributed by atoms with van der Waals surface area (Å²) in [5, 5.41) is 2.64. The van der Waals surface area contributed by atoms with E-state index in [1.54, 1.807) is 18.2 Å². The molecule has 1 N–H and O–H groups in total. The van der Waals surface area contributed by atoms with Crippen molar-refractivity contribution in [2.24, 2.45) is 0 Å². The van der Waals surface area contributed by atoms with Gasteiger partial charge in [0.2, 0.25) is 0 Å². The van der Waals surface area contributed by atoms with Crippen molar-refractivity contribution >= 4 is 39.3 Å². The van der Waals surface area contributed by atoms with E-state index < -0.39 is 18.5 Å². The second-order valence-electron chi connectivity index (χ2n) is 5.93. The van der Waals surface area contributed by atoms with E-state index in [0.29, 0.717) is 11.3 Å². The maximum Gasteiger partial charge on any atom is 0.306 e. The molecule has 0 aliphatic rings. The quantitative estimate of drug-likeness (QED) is 0.540. The first kappa shape index (κ1) is 19.8. The van der Waals surface area contributed by atoms with Crippen LogP contribution in [0.2, 0.25) is 0 Å². The maximum absolute atomic E-state index is 12.2. The minimum Gasteiger partial charge on any atom is -0.456 e. The molecule has 0 aliphatic heterocycles. The SMILES string of the molecule is Cc1ccc(C)c(C(=O)CCC(=O)OCC(=O)Nc2ccccc2Br)c1. The van der Waals surface area contributed by atoms with Crippen LogP contribution in [0.4, 0.5) is 5.69 Å². The topological polar surface area (TPSA) is 72.5 Å². The molecule has 1 amide bonds. The molecule has 0 aromatic heterocycles. The van der Waals surface area contributed by atoms with Gasteiger partial charge >= 0.3 is 5.97 Å². The monoisotopic (exact) mass is 417 g/mol. The summed E-state index contributed by atoms with van der Waals surface area (Å²) < 4.78 is 5.67. The van der Waals surface area contributed by atoms with Crippen molar-refractivity contribution in [1.29, 1.82) is 0 Å². The first-order valence-electron chi connectivity index (χ1n) is 8.17. The fraction of sp³-hybridized carbons (Fsp3) is 0.250. The van der Waals surface area contributed by atoms with Crippen LogP contribution < -0.4 is 5.32 Å².